The molecule has 1 aromatic rings. The first kappa shape index (κ1) is 20.7. The molecule has 6 nitrogen and oxygen atoms in total. The molecule has 25 heavy (non-hydrogen) atoms. The Morgan fingerprint density at radius 1 is 1.04 bits per heavy atom. The number of esters is 1. The minimum absolute atomic E-state index is 0.0239. The fourth-order valence-electron chi connectivity index (χ4n) is 2.23. The molecule has 2 amide bonds. The van der Waals surface area contributed by atoms with Gasteiger partial charge in [-0.05, 0) is 17.7 Å². The molecule has 0 aliphatic carbocycles. The lowest BCUT2D eigenvalue weighted by molar-refractivity contribution is -0.135. The van der Waals surface area contributed by atoms with Crippen LogP contribution in [-0.4, -0.2) is 42.9 Å². The summed E-state index contributed by atoms with van der Waals surface area (Å²) < 4.78 is 4.68. The van der Waals surface area contributed by atoms with E-state index in [-0.39, 0.29) is 23.7 Å². The first-order valence-corrected chi connectivity index (χ1v) is 8.50. The predicted octanol–water partition coefficient (Wildman–Crippen LogP) is 2.23. The van der Waals surface area contributed by atoms with Crippen molar-refractivity contribution >= 4 is 17.8 Å². The molecule has 0 aliphatic rings. The number of nitrogens with one attached hydrogen (secondary N) is 1. The lowest BCUT2D eigenvalue weighted by atomic mass is 10.1. The molecular formula is C19H28N2O4. The van der Waals surface area contributed by atoms with E-state index in [1.165, 1.54) is 7.11 Å². The lowest BCUT2D eigenvalue weighted by Gasteiger charge is -2.25. The van der Waals surface area contributed by atoms with Crippen LogP contribution in [0.25, 0.3) is 0 Å². The maximum Gasteiger partial charge on any atom is 0.337 e. The highest BCUT2D eigenvalue weighted by Gasteiger charge is 2.18. The Balaban J connectivity index is 2.75. The van der Waals surface area contributed by atoms with Gasteiger partial charge in [-0.25, -0.2) is 4.79 Å². The van der Waals surface area contributed by atoms with Crippen LogP contribution in [0.2, 0.25) is 0 Å². The molecule has 0 spiro atoms. The van der Waals surface area contributed by atoms with Gasteiger partial charge in [0, 0.05) is 31.5 Å². The van der Waals surface area contributed by atoms with E-state index in [1.807, 2.05) is 27.7 Å². The van der Waals surface area contributed by atoms with E-state index in [4.69, 9.17) is 0 Å². The highest BCUT2D eigenvalue weighted by atomic mass is 16.5. The maximum atomic E-state index is 12.4. The van der Waals surface area contributed by atoms with Crippen LogP contribution < -0.4 is 5.32 Å². The second-order valence-corrected chi connectivity index (χ2v) is 6.55. The van der Waals surface area contributed by atoms with Crippen LogP contribution in [0.15, 0.2) is 24.3 Å². The molecule has 1 aromatic carbocycles. The summed E-state index contributed by atoms with van der Waals surface area (Å²) in [6.45, 7) is 8.63. The Morgan fingerprint density at radius 2 is 1.64 bits per heavy atom. The summed E-state index contributed by atoms with van der Waals surface area (Å²) in [5.74, 6) is -0.608. The standard InChI is InChI=1S/C19H28N2O4/c1-13(2)17(22)20-10-11-21(18(23)14(3)4)12-15-6-8-16(9-7-15)19(24)25-5/h6-9,13-14H,10-12H2,1-5H3,(H,20,22). The van der Waals surface area contributed by atoms with Gasteiger partial charge in [0.15, 0.2) is 0 Å². The molecule has 0 fully saturated rings. The van der Waals surface area contributed by atoms with Gasteiger partial charge >= 0.3 is 5.97 Å². The van der Waals surface area contributed by atoms with Crippen LogP contribution >= 0.6 is 0 Å². The van der Waals surface area contributed by atoms with Crippen LogP contribution in [0.1, 0.15) is 43.6 Å². The van der Waals surface area contributed by atoms with Gasteiger partial charge in [-0.2, -0.15) is 0 Å². The molecule has 0 aliphatic heterocycles. The zero-order valence-electron chi connectivity index (χ0n) is 15.7. The van der Waals surface area contributed by atoms with Gasteiger partial charge in [0.25, 0.3) is 0 Å². The van der Waals surface area contributed by atoms with E-state index in [2.05, 4.69) is 10.1 Å². The summed E-state index contributed by atoms with van der Waals surface area (Å²) in [7, 11) is 1.34. The SMILES string of the molecule is COC(=O)c1ccc(CN(CCNC(=O)C(C)C)C(=O)C(C)C)cc1. The molecule has 6 heteroatoms. The largest absolute Gasteiger partial charge is 0.465 e. The van der Waals surface area contributed by atoms with Crippen LogP contribution in [0.4, 0.5) is 0 Å². The molecule has 138 valence electrons. The van der Waals surface area contributed by atoms with Gasteiger partial charge < -0.3 is 15.0 Å². The fraction of sp³-hybridized carbons (Fsp3) is 0.526. The Labute approximate surface area is 149 Å². The van der Waals surface area contributed by atoms with Gasteiger partial charge in [0.1, 0.15) is 0 Å². The predicted molar refractivity (Wildman–Crippen MR) is 95.9 cm³/mol. The highest BCUT2D eigenvalue weighted by Crippen LogP contribution is 2.11. The Kier molecular flexibility index (Phi) is 8.11. The molecule has 0 atom stereocenters. The number of carbonyl (C=O) groups excluding carboxylic acids is 3. The quantitative estimate of drug-likeness (QED) is 0.731. The monoisotopic (exact) mass is 348 g/mol. The van der Waals surface area contributed by atoms with Gasteiger partial charge in [-0.3, -0.25) is 9.59 Å². The zero-order chi connectivity index (χ0) is 19.0. The van der Waals surface area contributed by atoms with E-state index >= 15 is 0 Å². The summed E-state index contributed by atoms with van der Waals surface area (Å²) in [6.07, 6.45) is 0. The van der Waals surface area contributed by atoms with Gasteiger partial charge in [-0.1, -0.05) is 39.8 Å². The van der Waals surface area contributed by atoms with E-state index < -0.39 is 5.97 Å². The summed E-state index contributed by atoms with van der Waals surface area (Å²) in [5, 5.41) is 2.83. The fourth-order valence-corrected chi connectivity index (χ4v) is 2.23. The van der Waals surface area contributed by atoms with Crippen molar-refractivity contribution in [1.29, 1.82) is 0 Å². The van der Waals surface area contributed by atoms with Crippen LogP contribution in [0, 0.1) is 11.8 Å². The van der Waals surface area contributed by atoms with Crippen molar-refractivity contribution in [1.82, 2.24) is 10.2 Å². The van der Waals surface area contributed by atoms with Crippen molar-refractivity contribution in [2.24, 2.45) is 11.8 Å². The summed E-state index contributed by atoms with van der Waals surface area (Å²) in [4.78, 5) is 37.3. The van der Waals surface area contributed by atoms with Crippen LogP contribution in [0.5, 0.6) is 0 Å². The average molecular weight is 348 g/mol. The Hall–Kier alpha value is -2.37. The number of ether oxygens (including phenoxy) is 1. The van der Waals surface area contributed by atoms with E-state index in [0.29, 0.717) is 25.2 Å². The number of methoxy groups -OCH3 is 1. The van der Waals surface area contributed by atoms with Gasteiger partial charge in [0.05, 0.1) is 12.7 Å². The minimum Gasteiger partial charge on any atom is -0.465 e. The van der Waals surface area contributed by atoms with Crippen molar-refractivity contribution in [2.45, 2.75) is 34.2 Å². The normalized spacial score (nSPS) is 10.7. The summed E-state index contributed by atoms with van der Waals surface area (Å²) in [5.41, 5.74) is 1.38. The zero-order valence-corrected chi connectivity index (χ0v) is 15.7. The number of benzene rings is 1. The van der Waals surface area contributed by atoms with Crippen LogP contribution in [0.3, 0.4) is 0 Å². The van der Waals surface area contributed by atoms with Crippen molar-refractivity contribution in [3.05, 3.63) is 35.4 Å². The number of amides is 2. The first-order valence-electron chi connectivity index (χ1n) is 8.50. The summed E-state index contributed by atoms with van der Waals surface area (Å²) in [6, 6.07) is 6.97. The maximum absolute atomic E-state index is 12.4. The van der Waals surface area contributed by atoms with Gasteiger partial charge in [-0.15, -0.1) is 0 Å². The van der Waals surface area contributed by atoms with Gasteiger partial charge in [0.2, 0.25) is 11.8 Å². The molecule has 0 aromatic heterocycles. The number of hydrogen-bond acceptors (Lipinski definition) is 4. The van der Waals surface area contributed by atoms with E-state index in [0.717, 1.165) is 5.56 Å². The van der Waals surface area contributed by atoms with Crippen molar-refractivity contribution in [3.63, 3.8) is 0 Å². The van der Waals surface area contributed by atoms with E-state index in [1.54, 1.807) is 29.2 Å². The lowest BCUT2D eigenvalue weighted by Crippen LogP contribution is -2.40. The van der Waals surface area contributed by atoms with E-state index in [9.17, 15) is 14.4 Å². The number of nitrogens with zero attached hydrogens (tertiary/aromatic N) is 1. The number of hydrogen-bond donors (Lipinski definition) is 1. The second kappa shape index (κ2) is 9.81. The third-order valence-electron chi connectivity index (χ3n) is 3.76. The smallest absolute Gasteiger partial charge is 0.337 e. The Morgan fingerprint density at radius 3 is 2.12 bits per heavy atom. The molecule has 0 unspecified atom stereocenters. The minimum atomic E-state index is -0.391. The summed E-state index contributed by atoms with van der Waals surface area (Å²) >= 11 is 0. The molecule has 0 heterocycles. The van der Waals surface area contributed by atoms with Crippen LogP contribution in [-0.2, 0) is 20.9 Å². The van der Waals surface area contributed by atoms with Crippen molar-refractivity contribution in [3.8, 4) is 0 Å². The topological polar surface area (TPSA) is 75.7 Å². The molecule has 0 radical (unpaired) electrons. The molecule has 0 saturated heterocycles. The van der Waals surface area contributed by atoms with Crippen molar-refractivity contribution in [2.75, 3.05) is 20.2 Å². The number of rotatable bonds is 8. The Bertz CT molecular complexity index is 594. The average Bonchev–Trinajstić information content (AvgIpc) is 2.59. The molecule has 0 bridgehead atoms. The number of carbonyl (C=O) groups is 3. The third-order valence-corrected chi connectivity index (χ3v) is 3.76. The molecule has 1 rings (SSSR count). The second-order valence-electron chi connectivity index (χ2n) is 6.55. The molecular weight excluding hydrogens is 320 g/mol. The molecule has 0 saturated carbocycles. The molecule has 1 N–H and O–H groups in total. The van der Waals surface area contributed by atoms with Crippen molar-refractivity contribution < 1.29 is 19.1 Å². The third kappa shape index (κ3) is 6.57. The first-order chi connectivity index (χ1) is 11.8. The highest BCUT2D eigenvalue weighted by molar-refractivity contribution is 5.89.